The molecule has 0 heterocycles. The van der Waals surface area contributed by atoms with Gasteiger partial charge in [-0.1, -0.05) is 11.6 Å². The van der Waals surface area contributed by atoms with Crippen LogP contribution in [0.1, 0.15) is 37.6 Å². The summed E-state index contributed by atoms with van der Waals surface area (Å²) in [7, 11) is 2.98. The smallest absolute Gasteiger partial charge is 0.339 e. The maximum absolute atomic E-state index is 12.3. The van der Waals surface area contributed by atoms with Gasteiger partial charge in [-0.2, -0.15) is 5.26 Å². The number of hydrogen-bond acceptors (Lipinski definition) is 6. The molecule has 26 heavy (non-hydrogen) atoms. The number of esters is 1. The van der Waals surface area contributed by atoms with E-state index in [9.17, 15) is 9.59 Å². The fourth-order valence-electron chi connectivity index (χ4n) is 2.11. The summed E-state index contributed by atoms with van der Waals surface area (Å²) in [5.41, 5.74) is 0.141. The molecule has 142 valence electrons. The van der Waals surface area contributed by atoms with Gasteiger partial charge in [0.05, 0.1) is 36.3 Å². The highest BCUT2D eigenvalue weighted by Gasteiger charge is 2.24. The first kappa shape index (κ1) is 21.6. The Morgan fingerprint density at radius 2 is 1.96 bits per heavy atom. The molecule has 0 aliphatic carbocycles. The van der Waals surface area contributed by atoms with E-state index in [2.05, 4.69) is 0 Å². The lowest BCUT2D eigenvalue weighted by Gasteiger charge is -2.21. The van der Waals surface area contributed by atoms with Gasteiger partial charge in [-0.25, -0.2) is 4.79 Å². The summed E-state index contributed by atoms with van der Waals surface area (Å²) in [5, 5.41) is 8.78. The van der Waals surface area contributed by atoms with Gasteiger partial charge in [0, 0.05) is 13.6 Å². The van der Waals surface area contributed by atoms with Crippen molar-refractivity contribution in [2.24, 2.45) is 0 Å². The number of nitrogens with zero attached hydrogens (tertiary/aromatic N) is 2. The van der Waals surface area contributed by atoms with Gasteiger partial charge in [0.2, 0.25) is 0 Å². The Bertz CT molecular complexity index is 700. The van der Waals surface area contributed by atoms with Crippen molar-refractivity contribution in [3.63, 3.8) is 0 Å². The van der Waals surface area contributed by atoms with Crippen molar-refractivity contribution in [2.45, 2.75) is 39.4 Å². The highest BCUT2D eigenvalue weighted by atomic mass is 35.5. The average molecular weight is 383 g/mol. The lowest BCUT2D eigenvalue weighted by molar-refractivity contribution is -0.138. The van der Waals surface area contributed by atoms with E-state index in [0.717, 1.165) is 0 Å². The zero-order chi connectivity index (χ0) is 19.9. The standard InChI is InChI=1S/C18H23ClN2O5/c1-11(2)25-16-14(19)9-13(10-15(16)24-5)18(23)26-12(3)17(22)21(4)8-6-7-20/h9-12H,6,8H2,1-5H3/t12-/m1/s1. The molecule has 0 aliphatic rings. The van der Waals surface area contributed by atoms with E-state index in [1.807, 2.05) is 19.9 Å². The van der Waals surface area contributed by atoms with Crippen LogP contribution in [-0.2, 0) is 9.53 Å². The van der Waals surface area contributed by atoms with E-state index in [1.165, 1.54) is 31.1 Å². The fraction of sp³-hybridized carbons (Fsp3) is 0.500. The fourth-order valence-corrected chi connectivity index (χ4v) is 2.36. The highest BCUT2D eigenvalue weighted by Crippen LogP contribution is 2.37. The second kappa shape index (κ2) is 9.88. The molecule has 1 rings (SSSR count). The van der Waals surface area contributed by atoms with Gasteiger partial charge in [0.1, 0.15) is 0 Å². The molecule has 0 radical (unpaired) electrons. The summed E-state index contributed by atoms with van der Waals surface area (Å²) in [5.74, 6) is -0.480. The average Bonchev–Trinajstić information content (AvgIpc) is 2.59. The predicted molar refractivity (Wildman–Crippen MR) is 96.5 cm³/mol. The van der Waals surface area contributed by atoms with Gasteiger partial charge in [0.15, 0.2) is 17.6 Å². The molecular weight excluding hydrogens is 360 g/mol. The molecule has 1 aromatic carbocycles. The Kier molecular flexibility index (Phi) is 8.20. The van der Waals surface area contributed by atoms with Crippen molar-refractivity contribution in [1.82, 2.24) is 4.90 Å². The van der Waals surface area contributed by atoms with Gasteiger partial charge in [-0.3, -0.25) is 4.79 Å². The Hall–Kier alpha value is -2.46. The third-order valence-corrected chi connectivity index (χ3v) is 3.67. The number of halogens is 1. The number of likely N-dealkylation sites (N-methyl/N-ethyl adjacent to an activating group) is 1. The number of nitriles is 1. The van der Waals surface area contributed by atoms with Crippen molar-refractivity contribution in [2.75, 3.05) is 20.7 Å². The molecule has 0 N–H and O–H groups in total. The minimum Gasteiger partial charge on any atom is -0.493 e. The second-order valence-corrected chi connectivity index (χ2v) is 6.28. The number of hydrogen-bond donors (Lipinski definition) is 0. The molecule has 1 aromatic rings. The third kappa shape index (κ3) is 5.81. The quantitative estimate of drug-likeness (QED) is 0.642. The number of carbonyl (C=O) groups excluding carboxylic acids is 2. The number of methoxy groups -OCH3 is 1. The van der Waals surface area contributed by atoms with Crippen LogP contribution in [0.2, 0.25) is 5.02 Å². The van der Waals surface area contributed by atoms with Gasteiger partial charge >= 0.3 is 5.97 Å². The van der Waals surface area contributed by atoms with Crippen molar-refractivity contribution in [3.05, 3.63) is 22.7 Å². The summed E-state index contributed by atoms with van der Waals surface area (Å²) in [6.07, 6.45) is -0.920. The Morgan fingerprint density at radius 3 is 2.50 bits per heavy atom. The molecule has 0 aliphatic heterocycles. The first-order valence-electron chi connectivity index (χ1n) is 8.08. The largest absolute Gasteiger partial charge is 0.493 e. The lowest BCUT2D eigenvalue weighted by Crippen LogP contribution is -2.37. The summed E-state index contributed by atoms with van der Waals surface area (Å²) >= 11 is 6.19. The highest BCUT2D eigenvalue weighted by molar-refractivity contribution is 6.32. The SMILES string of the molecule is COc1cc(C(=O)O[C@H](C)C(=O)N(C)CCC#N)cc(Cl)c1OC(C)C. The maximum Gasteiger partial charge on any atom is 0.339 e. The van der Waals surface area contributed by atoms with Crippen LogP contribution in [0.4, 0.5) is 0 Å². The second-order valence-electron chi connectivity index (χ2n) is 5.87. The molecule has 0 unspecified atom stereocenters. The van der Waals surface area contributed by atoms with Crippen LogP contribution >= 0.6 is 11.6 Å². The van der Waals surface area contributed by atoms with Crippen molar-refractivity contribution in [1.29, 1.82) is 5.26 Å². The van der Waals surface area contributed by atoms with Crippen molar-refractivity contribution < 1.29 is 23.8 Å². The Balaban J connectivity index is 2.92. The van der Waals surface area contributed by atoms with Crippen LogP contribution in [0.15, 0.2) is 12.1 Å². The summed E-state index contributed by atoms with van der Waals surface area (Å²) in [6.45, 7) is 5.42. The molecule has 0 bridgehead atoms. The van der Waals surface area contributed by atoms with Gasteiger partial charge in [-0.15, -0.1) is 0 Å². The van der Waals surface area contributed by atoms with E-state index in [1.54, 1.807) is 7.05 Å². The zero-order valence-corrected chi connectivity index (χ0v) is 16.3. The van der Waals surface area contributed by atoms with Crippen LogP contribution in [0.25, 0.3) is 0 Å². The third-order valence-electron chi connectivity index (χ3n) is 3.39. The number of benzene rings is 1. The first-order valence-corrected chi connectivity index (χ1v) is 8.46. The monoisotopic (exact) mass is 382 g/mol. The Morgan fingerprint density at radius 1 is 1.31 bits per heavy atom. The van der Waals surface area contributed by atoms with Crippen LogP contribution in [0.5, 0.6) is 11.5 Å². The van der Waals surface area contributed by atoms with Crippen molar-refractivity contribution >= 4 is 23.5 Å². The van der Waals surface area contributed by atoms with E-state index in [0.29, 0.717) is 11.5 Å². The molecule has 0 aromatic heterocycles. The summed E-state index contributed by atoms with van der Waals surface area (Å²) in [4.78, 5) is 25.8. The van der Waals surface area contributed by atoms with E-state index >= 15 is 0 Å². The molecule has 7 nitrogen and oxygen atoms in total. The topological polar surface area (TPSA) is 88.9 Å². The summed E-state index contributed by atoms with van der Waals surface area (Å²) in [6, 6.07) is 4.80. The molecule has 1 atom stereocenters. The molecule has 1 amide bonds. The first-order chi connectivity index (χ1) is 12.2. The zero-order valence-electron chi connectivity index (χ0n) is 15.5. The predicted octanol–water partition coefficient (Wildman–Crippen LogP) is 3.05. The number of ether oxygens (including phenoxy) is 3. The van der Waals surface area contributed by atoms with E-state index in [4.69, 9.17) is 31.1 Å². The van der Waals surface area contributed by atoms with E-state index < -0.39 is 18.0 Å². The van der Waals surface area contributed by atoms with Crippen molar-refractivity contribution in [3.8, 4) is 17.6 Å². The lowest BCUT2D eigenvalue weighted by atomic mass is 10.2. The summed E-state index contributed by atoms with van der Waals surface area (Å²) < 4.78 is 16.0. The van der Waals surface area contributed by atoms with E-state index in [-0.39, 0.29) is 29.7 Å². The molecule has 0 saturated carbocycles. The molecule has 0 spiro atoms. The van der Waals surface area contributed by atoms with Crippen LogP contribution in [0.3, 0.4) is 0 Å². The molecule has 0 fully saturated rings. The number of carbonyl (C=O) groups is 2. The van der Waals surface area contributed by atoms with Gasteiger partial charge in [-0.05, 0) is 32.9 Å². The van der Waals surface area contributed by atoms with Crippen LogP contribution < -0.4 is 9.47 Å². The molecule has 8 heteroatoms. The van der Waals surface area contributed by atoms with Gasteiger partial charge < -0.3 is 19.1 Å². The van der Waals surface area contributed by atoms with Crippen LogP contribution in [0, 0.1) is 11.3 Å². The minimum absolute atomic E-state index is 0.124. The molecule has 0 saturated heterocycles. The maximum atomic E-state index is 12.3. The Labute approximate surface area is 158 Å². The number of rotatable bonds is 8. The van der Waals surface area contributed by atoms with Crippen LogP contribution in [-0.4, -0.2) is 49.7 Å². The molecular formula is C18H23ClN2O5. The minimum atomic E-state index is -0.998. The number of amides is 1. The normalized spacial score (nSPS) is 11.5. The van der Waals surface area contributed by atoms with Gasteiger partial charge in [0.25, 0.3) is 5.91 Å².